The quantitative estimate of drug-likeness (QED) is 0.778. The minimum atomic E-state index is -4.42. The molecule has 0 aliphatic carbocycles. The number of piperidine rings is 1. The maximum absolute atomic E-state index is 12.5. The summed E-state index contributed by atoms with van der Waals surface area (Å²) in [4.78, 5) is 3.98. The average molecular weight is 263 g/mol. The molecule has 104 valence electrons. The van der Waals surface area contributed by atoms with Gasteiger partial charge in [0.15, 0.2) is 5.92 Å². The molecule has 0 spiro atoms. The molecule has 1 fully saturated rings. The van der Waals surface area contributed by atoms with E-state index in [1.807, 2.05) is 0 Å². The zero-order valence-electron chi connectivity index (χ0n) is 10.9. The van der Waals surface area contributed by atoms with Crippen LogP contribution < -0.4 is 0 Å². The summed E-state index contributed by atoms with van der Waals surface area (Å²) in [6.07, 6.45) is -2.67. The highest BCUT2D eigenvalue weighted by Gasteiger charge is 2.41. The van der Waals surface area contributed by atoms with Gasteiger partial charge in [0.1, 0.15) is 0 Å². The summed E-state index contributed by atoms with van der Waals surface area (Å²) in [5, 5.41) is 8.58. The summed E-state index contributed by atoms with van der Waals surface area (Å²) in [5.41, 5.74) is 0. The largest absolute Gasteiger partial charge is 0.405 e. The predicted molar refractivity (Wildman–Crippen MR) is 62.9 cm³/mol. The van der Waals surface area contributed by atoms with Gasteiger partial charge in [-0.3, -0.25) is 0 Å². The molecule has 1 rings (SSSR count). The molecule has 0 amide bonds. The number of nitrogens with zero attached hydrogens (tertiary/aromatic N) is 3. The van der Waals surface area contributed by atoms with Gasteiger partial charge in [0.25, 0.3) is 0 Å². The van der Waals surface area contributed by atoms with Gasteiger partial charge in [0.05, 0.1) is 6.07 Å². The Balaban J connectivity index is 2.46. The fraction of sp³-hybridized carbons (Fsp3) is 0.917. The Morgan fingerprint density at radius 1 is 1.39 bits per heavy atom. The molecule has 0 aromatic carbocycles. The molecule has 0 aromatic heterocycles. The van der Waals surface area contributed by atoms with Crippen molar-refractivity contribution < 1.29 is 13.2 Å². The maximum atomic E-state index is 12.5. The zero-order valence-corrected chi connectivity index (χ0v) is 10.9. The lowest BCUT2D eigenvalue weighted by Gasteiger charge is -2.37. The zero-order chi connectivity index (χ0) is 13.8. The molecule has 18 heavy (non-hydrogen) atoms. The molecular formula is C12H20F3N3. The minimum Gasteiger partial charge on any atom is -0.303 e. The van der Waals surface area contributed by atoms with Crippen LogP contribution >= 0.6 is 0 Å². The van der Waals surface area contributed by atoms with Crippen LogP contribution in [0.4, 0.5) is 13.2 Å². The van der Waals surface area contributed by atoms with Crippen molar-refractivity contribution in [2.24, 2.45) is 5.92 Å². The van der Waals surface area contributed by atoms with Crippen molar-refractivity contribution in [3.63, 3.8) is 0 Å². The summed E-state index contributed by atoms with van der Waals surface area (Å²) in [7, 11) is 1.68. The molecule has 0 N–H and O–H groups in total. The summed E-state index contributed by atoms with van der Waals surface area (Å²) in [5.74, 6) is -1.88. The van der Waals surface area contributed by atoms with Crippen molar-refractivity contribution in [3.05, 3.63) is 0 Å². The summed E-state index contributed by atoms with van der Waals surface area (Å²) in [6, 6.07) is 1.51. The third kappa shape index (κ3) is 4.14. The second-order valence-corrected chi connectivity index (χ2v) is 4.83. The van der Waals surface area contributed by atoms with E-state index < -0.39 is 12.1 Å². The Morgan fingerprint density at radius 3 is 2.33 bits per heavy atom. The number of nitriles is 1. The Bertz CT molecular complexity index is 290. The van der Waals surface area contributed by atoms with Gasteiger partial charge in [-0.15, -0.1) is 0 Å². The molecule has 6 heteroatoms. The first-order valence-corrected chi connectivity index (χ1v) is 6.27. The fourth-order valence-electron chi connectivity index (χ4n) is 2.33. The van der Waals surface area contributed by atoms with Crippen LogP contribution in [0.3, 0.4) is 0 Å². The second-order valence-electron chi connectivity index (χ2n) is 4.83. The molecule has 1 heterocycles. The van der Waals surface area contributed by atoms with Crippen molar-refractivity contribution in [2.75, 3.05) is 33.2 Å². The van der Waals surface area contributed by atoms with Gasteiger partial charge in [-0.1, -0.05) is 6.92 Å². The van der Waals surface area contributed by atoms with E-state index in [0.717, 1.165) is 32.5 Å². The highest BCUT2D eigenvalue weighted by molar-refractivity contribution is 4.91. The minimum absolute atomic E-state index is 0.158. The summed E-state index contributed by atoms with van der Waals surface area (Å²) >= 11 is 0. The normalized spacial score (nSPS) is 20.9. The van der Waals surface area contributed by atoms with Crippen molar-refractivity contribution >= 4 is 0 Å². The van der Waals surface area contributed by atoms with E-state index >= 15 is 0 Å². The van der Waals surface area contributed by atoms with Crippen LogP contribution in [0.2, 0.25) is 0 Å². The molecular weight excluding hydrogens is 243 g/mol. The van der Waals surface area contributed by atoms with Gasteiger partial charge in [-0.05, 0) is 39.5 Å². The first-order chi connectivity index (χ1) is 8.38. The Kier molecular flexibility index (Phi) is 5.42. The molecule has 0 saturated carbocycles. The lowest BCUT2D eigenvalue weighted by molar-refractivity contribution is -0.164. The molecule has 1 saturated heterocycles. The number of halogens is 3. The van der Waals surface area contributed by atoms with Gasteiger partial charge >= 0.3 is 6.18 Å². The van der Waals surface area contributed by atoms with Crippen LogP contribution in [-0.2, 0) is 0 Å². The van der Waals surface area contributed by atoms with Gasteiger partial charge in [-0.25, -0.2) is 0 Å². The number of hydrogen-bond donors (Lipinski definition) is 0. The molecule has 3 nitrogen and oxygen atoms in total. The number of rotatable bonds is 4. The Morgan fingerprint density at radius 2 is 1.94 bits per heavy atom. The number of alkyl halides is 3. The molecule has 1 aliphatic heterocycles. The van der Waals surface area contributed by atoms with Crippen molar-refractivity contribution in [1.29, 1.82) is 5.26 Å². The first kappa shape index (κ1) is 15.3. The van der Waals surface area contributed by atoms with E-state index in [-0.39, 0.29) is 12.6 Å². The monoisotopic (exact) mass is 263 g/mol. The van der Waals surface area contributed by atoms with Crippen LogP contribution in [0.1, 0.15) is 19.8 Å². The molecule has 0 radical (unpaired) electrons. The highest BCUT2D eigenvalue weighted by atomic mass is 19.4. The van der Waals surface area contributed by atoms with E-state index in [0.29, 0.717) is 0 Å². The van der Waals surface area contributed by atoms with Gasteiger partial charge in [-0.2, -0.15) is 18.4 Å². The lowest BCUT2D eigenvalue weighted by atomic mass is 10.0. The fourth-order valence-corrected chi connectivity index (χ4v) is 2.33. The van der Waals surface area contributed by atoms with Crippen LogP contribution in [0.25, 0.3) is 0 Å². The van der Waals surface area contributed by atoms with Crippen LogP contribution in [-0.4, -0.2) is 55.2 Å². The van der Waals surface area contributed by atoms with E-state index in [1.54, 1.807) is 11.9 Å². The number of likely N-dealkylation sites (tertiary alicyclic amines) is 1. The van der Waals surface area contributed by atoms with Crippen LogP contribution in [0.5, 0.6) is 0 Å². The molecule has 0 bridgehead atoms. The molecule has 1 aliphatic rings. The summed E-state index contributed by atoms with van der Waals surface area (Å²) in [6.45, 7) is 4.69. The third-order valence-electron chi connectivity index (χ3n) is 3.65. The lowest BCUT2D eigenvalue weighted by Crippen LogP contribution is -2.46. The van der Waals surface area contributed by atoms with Crippen molar-refractivity contribution in [1.82, 2.24) is 9.80 Å². The molecule has 0 aromatic rings. The van der Waals surface area contributed by atoms with E-state index in [2.05, 4.69) is 11.8 Å². The van der Waals surface area contributed by atoms with Gasteiger partial charge in [0.2, 0.25) is 0 Å². The van der Waals surface area contributed by atoms with Crippen molar-refractivity contribution in [3.8, 4) is 6.07 Å². The van der Waals surface area contributed by atoms with Gasteiger partial charge < -0.3 is 9.80 Å². The predicted octanol–water partition coefficient (Wildman–Crippen LogP) is 2.10. The van der Waals surface area contributed by atoms with Crippen LogP contribution in [0.15, 0.2) is 0 Å². The second kappa shape index (κ2) is 6.39. The van der Waals surface area contributed by atoms with E-state index in [9.17, 15) is 13.2 Å². The third-order valence-corrected chi connectivity index (χ3v) is 3.65. The molecule has 1 atom stereocenters. The van der Waals surface area contributed by atoms with E-state index in [4.69, 9.17) is 5.26 Å². The SMILES string of the molecule is CCN1CCC(N(C)CC(C#N)C(F)(F)F)CC1. The summed E-state index contributed by atoms with van der Waals surface area (Å²) < 4.78 is 37.5. The molecule has 1 unspecified atom stereocenters. The Hall–Kier alpha value is -0.800. The Labute approximate surface area is 106 Å². The van der Waals surface area contributed by atoms with Crippen LogP contribution in [0, 0.1) is 17.2 Å². The van der Waals surface area contributed by atoms with Crippen molar-refractivity contribution in [2.45, 2.75) is 32.0 Å². The van der Waals surface area contributed by atoms with E-state index in [1.165, 1.54) is 6.07 Å². The first-order valence-electron chi connectivity index (χ1n) is 6.27. The number of hydrogen-bond acceptors (Lipinski definition) is 3. The van der Waals surface area contributed by atoms with Gasteiger partial charge in [0, 0.05) is 12.6 Å². The standard InChI is InChI=1S/C12H20F3N3/c1-3-18-6-4-11(5-7-18)17(2)9-10(8-16)12(13,14)15/h10-11H,3-7,9H2,1-2H3. The topological polar surface area (TPSA) is 30.3 Å². The smallest absolute Gasteiger partial charge is 0.303 e. The maximum Gasteiger partial charge on any atom is 0.405 e. The highest BCUT2D eigenvalue weighted by Crippen LogP contribution is 2.27. The average Bonchev–Trinajstić information content (AvgIpc) is 2.34.